The van der Waals surface area contributed by atoms with Gasteiger partial charge in [0.2, 0.25) is 5.91 Å². The molecule has 0 aliphatic heterocycles. The average molecular weight is 729 g/mol. The van der Waals surface area contributed by atoms with Gasteiger partial charge in [-0.15, -0.1) is 0 Å². The van der Waals surface area contributed by atoms with Gasteiger partial charge < -0.3 is 25.8 Å². The number of aryl methyl sites for hydroxylation is 1. The van der Waals surface area contributed by atoms with Gasteiger partial charge in [-0.1, -0.05) is 151 Å². The van der Waals surface area contributed by atoms with Crippen LogP contribution in [0.5, 0.6) is 0 Å². The molecule has 0 fully saturated rings. The number of ether oxygens (including phenoxy) is 2. The van der Waals surface area contributed by atoms with Gasteiger partial charge >= 0.3 is 12.1 Å². The maximum absolute atomic E-state index is 13.8. The Kier molecular flexibility index (Phi) is 12.2. The van der Waals surface area contributed by atoms with Crippen LogP contribution in [0, 0.1) is 6.92 Å². The Morgan fingerprint density at radius 3 is 2.04 bits per heavy atom. The highest BCUT2D eigenvalue weighted by atomic mass is 35.5. The lowest BCUT2D eigenvalue weighted by molar-refractivity contribution is -0.153. The van der Waals surface area contributed by atoms with Crippen LogP contribution in [-0.2, 0) is 24.7 Å². The lowest BCUT2D eigenvalue weighted by Gasteiger charge is -2.36. The molecule has 0 heterocycles. The molecule has 3 N–H and O–H groups in total. The van der Waals surface area contributed by atoms with Crippen LogP contribution in [-0.4, -0.2) is 43.7 Å². The van der Waals surface area contributed by atoms with Crippen LogP contribution in [0.4, 0.5) is 4.79 Å². The first-order chi connectivity index (χ1) is 25.8. The SMILES string of the molecule is Cc1ccc(C(OC(=O)CCNC(=O)[C@H](CCCC[NH-])NC(=O)OCC2c3ccccc3-c3ccccc32)(c2ccccc2)c2ccccc2Cl)cc1. The number of amides is 2. The predicted octanol–water partition coefficient (Wildman–Crippen LogP) is 9.12. The van der Waals surface area contributed by atoms with Gasteiger partial charge in [-0.05, 0) is 41.7 Å². The molecule has 1 aliphatic carbocycles. The average Bonchev–Trinajstić information content (AvgIpc) is 3.50. The van der Waals surface area contributed by atoms with E-state index in [1.54, 1.807) is 6.07 Å². The summed E-state index contributed by atoms with van der Waals surface area (Å²) in [5.74, 6) is -1.12. The zero-order chi connectivity index (χ0) is 37.2. The van der Waals surface area contributed by atoms with E-state index in [0.29, 0.717) is 29.8 Å². The number of hydrogen-bond donors (Lipinski definition) is 2. The topological polar surface area (TPSA) is 118 Å². The summed E-state index contributed by atoms with van der Waals surface area (Å²) >= 11 is 6.80. The van der Waals surface area contributed by atoms with E-state index >= 15 is 0 Å². The Labute approximate surface area is 315 Å². The highest BCUT2D eigenvalue weighted by Gasteiger charge is 2.42. The first-order valence-electron chi connectivity index (χ1n) is 17.9. The number of benzene rings is 5. The highest BCUT2D eigenvalue weighted by Crippen LogP contribution is 2.45. The van der Waals surface area contributed by atoms with Crippen molar-refractivity contribution in [3.05, 3.63) is 172 Å². The zero-order valence-corrected chi connectivity index (χ0v) is 30.4. The number of alkyl carbamates (subject to hydrolysis) is 1. The van der Waals surface area contributed by atoms with E-state index in [9.17, 15) is 14.4 Å². The molecule has 0 aromatic heterocycles. The van der Waals surface area contributed by atoms with E-state index in [1.807, 2.05) is 116 Å². The normalized spacial score (nSPS) is 13.6. The Hall–Kier alpha value is -5.44. The summed E-state index contributed by atoms with van der Waals surface area (Å²) in [6.07, 6.45) is 0.604. The molecule has 9 heteroatoms. The van der Waals surface area contributed by atoms with Crippen LogP contribution in [0.1, 0.15) is 65.0 Å². The molecule has 0 spiro atoms. The molecule has 2 atom stereocenters. The van der Waals surface area contributed by atoms with Crippen molar-refractivity contribution in [3.8, 4) is 11.1 Å². The zero-order valence-electron chi connectivity index (χ0n) is 29.6. The standard InChI is InChI=1S/C44H43ClN3O5/c1-30-22-24-32(25-23-30)44(31-13-3-2-4-14-31,38-19-9-10-20-39(38)45)53-41(49)26-28-47-42(50)40(21-11-12-27-46)48-43(51)52-29-37-35-17-7-5-15-33(35)34-16-6-8-18-36(34)37/h2-10,13-20,22-25,37,40,46H,11-12,21,26-29H2,1H3,(H,47,50)(H,48,51)/q-1/t40-,44?/m0/s1. The van der Waals surface area contributed by atoms with E-state index in [1.165, 1.54) is 0 Å². The summed E-state index contributed by atoms with van der Waals surface area (Å²) < 4.78 is 12.2. The van der Waals surface area contributed by atoms with E-state index in [0.717, 1.165) is 38.9 Å². The predicted molar refractivity (Wildman–Crippen MR) is 208 cm³/mol. The number of fused-ring (bicyclic) bond motifs is 3. The number of unbranched alkanes of at least 4 members (excludes halogenated alkanes) is 1. The van der Waals surface area contributed by atoms with Gasteiger partial charge in [0.25, 0.3) is 0 Å². The Bertz CT molecular complexity index is 1990. The number of rotatable bonds is 15. The van der Waals surface area contributed by atoms with Gasteiger partial charge in [-0.25, -0.2) is 4.79 Å². The van der Waals surface area contributed by atoms with Crippen LogP contribution >= 0.6 is 11.6 Å². The first kappa shape index (κ1) is 37.3. The molecule has 1 aliphatic rings. The van der Waals surface area contributed by atoms with Crippen LogP contribution in [0.3, 0.4) is 0 Å². The molecule has 0 radical (unpaired) electrons. The third-order valence-electron chi connectivity index (χ3n) is 9.66. The first-order valence-corrected chi connectivity index (χ1v) is 18.3. The smallest absolute Gasteiger partial charge is 0.407 e. The molecule has 5 aromatic carbocycles. The molecule has 8 nitrogen and oxygen atoms in total. The van der Waals surface area contributed by atoms with Crippen molar-refractivity contribution in [1.29, 1.82) is 0 Å². The van der Waals surface area contributed by atoms with Crippen molar-refractivity contribution < 1.29 is 23.9 Å². The van der Waals surface area contributed by atoms with E-state index in [-0.39, 0.29) is 32.0 Å². The molecule has 6 rings (SSSR count). The summed E-state index contributed by atoms with van der Waals surface area (Å²) in [7, 11) is 0. The van der Waals surface area contributed by atoms with Crippen molar-refractivity contribution in [2.45, 2.75) is 50.2 Å². The van der Waals surface area contributed by atoms with Gasteiger partial charge in [-0.2, -0.15) is 6.54 Å². The molecule has 272 valence electrons. The number of nitrogens with one attached hydrogen (secondary N) is 3. The Morgan fingerprint density at radius 1 is 0.774 bits per heavy atom. The minimum absolute atomic E-state index is 0.0275. The van der Waals surface area contributed by atoms with Gasteiger partial charge in [0.15, 0.2) is 5.60 Å². The molecular formula is C44H43ClN3O5-. The molecule has 1 unspecified atom stereocenters. The number of esters is 1. The Morgan fingerprint density at radius 2 is 1.38 bits per heavy atom. The van der Waals surface area contributed by atoms with Gasteiger partial charge in [0.1, 0.15) is 12.6 Å². The fourth-order valence-corrected chi connectivity index (χ4v) is 7.28. The van der Waals surface area contributed by atoms with Crippen LogP contribution < -0.4 is 10.6 Å². The molecule has 0 saturated carbocycles. The van der Waals surface area contributed by atoms with Gasteiger partial charge in [0, 0.05) is 34.2 Å². The number of carbonyl (C=O) groups excluding carboxylic acids is 3. The molecule has 53 heavy (non-hydrogen) atoms. The minimum Gasteiger partial charge on any atom is -0.677 e. The molecule has 0 bridgehead atoms. The quantitative estimate of drug-likeness (QED) is 0.0634. The van der Waals surface area contributed by atoms with Crippen LogP contribution in [0.2, 0.25) is 5.02 Å². The molecule has 5 aromatic rings. The fourth-order valence-electron chi connectivity index (χ4n) is 7.02. The maximum Gasteiger partial charge on any atom is 0.407 e. The maximum atomic E-state index is 13.8. The van der Waals surface area contributed by atoms with Crippen molar-refractivity contribution in [2.75, 3.05) is 19.7 Å². The second-order valence-electron chi connectivity index (χ2n) is 13.2. The van der Waals surface area contributed by atoms with Crippen LogP contribution in [0.25, 0.3) is 16.9 Å². The fraction of sp³-hybridized carbons (Fsp3) is 0.250. The molecule has 0 saturated heterocycles. The minimum atomic E-state index is -1.36. The second-order valence-corrected chi connectivity index (χ2v) is 13.6. The second kappa shape index (κ2) is 17.4. The third-order valence-corrected chi connectivity index (χ3v) is 9.99. The van der Waals surface area contributed by atoms with E-state index in [4.69, 9.17) is 26.8 Å². The van der Waals surface area contributed by atoms with Gasteiger partial charge in [0.05, 0.1) is 6.42 Å². The number of halogens is 1. The largest absolute Gasteiger partial charge is 0.677 e. The van der Waals surface area contributed by atoms with Crippen molar-refractivity contribution in [3.63, 3.8) is 0 Å². The van der Waals surface area contributed by atoms with Crippen molar-refractivity contribution in [2.24, 2.45) is 0 Å². The lowest BCUT2D eigenvalue weighted by atomic mass is 9.79. The summed E-state index contributed by atoms with van der Waals surface area (Å²) in [5.41, 5.74) is 13.7. The van der Waals surface area contributed by atoms with Crippen molar-refractivity contribution >= 4 is 29.6 Å². The van der Waals surface area contributed by atoms with E-state index in [2.05, 4.69) is 22.8 Å². The Balaban J connectivity index is 1.13. The lowest BCUT2D eigenvalue weighted by Crippen LogP contribution is -2.47. The highest BCUT2D eigenvalue weighted by molar-refractivity contribution is 6.31. The third kappa shape index (κ3) is 8.46. The number of carbonyl (C=O) groups is 3. The summed E-state index contributed by atoms with van der Waals surface area (Å²) in [6.45, 7) is 2.28. The molecular weight excluding hydrogens is 686 g/mol. The van der Waals surface area contributed by atoms with Crippen LogP contribution in [0.15, 0.2) is 127 Å². The summed E-state index contributed by atoms with van der Waals surface area (Å²) in [4.78, 5) is 40.4. The van der Waals surface area contributed by atoms with Crippen molar-refractivity contribution in [1.82, 2.24) is 10.6 Å². The van der Waals surface area contributed by atoms with E-state index < -0.39 is 29.6 Å². The summed E-state index contributed by atoms with van der Waals surface area (Å²) in [6, 6.07) is 39.8. The van der Waals surface area contributed by atoms with Gasteiger partial charge in [-0.3, -0.25) is 9.59 Å². The number of hydrogen-bond acceptors (Lipinski definition) is 5. The monoisotopic (exact) mass is 728 g/mol. The summed E-state index contributed by atoms with van der Waals surface area (Å²) in [5, 5.41) is 5.98. The molecule has 2 amide bonds.